The molecular formula is C20H22N4O3. The third-order valence-electron chi connectivity index (χ3n) is 5.27. The largest absolute Gasteiger partial charge is 0.322 e. The van der Waals surface area contributed by atoms with Crippen molar-refractivity contribution in [2.45, 2.75) is 25.4 Å². The second kappa shape index (κ2) is 7.51. The fraction of sp³-hybridized carbons (Fsp3) is 0.450. The molecule has 1 aromatic rings. The number of nitrogens with zero attached hydrogens (tertiary/aromatic N) is 2. The van der Waals surface area contributed by atoms with Crippen molar-refractivity contribution in [1.82, 2.24) is 20.4 Å². The fourth-order valence-electron chi connectivity index (χ4n) is 3.77. The molecule has 1 aromatic carbocycles. The Morgan fingerprint density at radius 2 is 1.96 bits per heavy atom. The highest BCUT2D eigenvalue weighted by Crippen LogP contribution is 2.28. The first-order valence-electron chi connectivity index (χ1n) is 9.31. The fourth-order valence-corrected chi connectivity index (χ4v) is 3.77. The summed E-state index contributed by atoms with van der Waals surface area (Å²) < 4.78 is 0. The first-order valence-corrected chi connectivity index (χ1v) is 9.31. The van der Waals surface area contributed by atoms with Crippen LogP contribution in [0, 0.1) is 11.8 Å². The van der Waals surface area contributed by atoms with Gasteiger partial charge in [0.15, 0.2) is 0 Å². The quantitative estimate of drug-likeness (QED) is 0.555. The Morgan fingerprint density at radius 1 is 1.15 bits per heavy atom. The van der Waals surface area contributed by atoms with Crippen LogP contribution in [0.2, 0.25) is 0 Å². The number of piperazine rings is 1. The zero-order chi connectivity index (χ0) is 18.8. The second-order valence-electron chi connectivity index (χ2n) is 7.10. The maximum Gasteiger partial charge on any atom is 0.255 e. The first-order chi connectivity index (χ1) is 13.1. The number of imide groups is 1. The lowest BCUT2D eigenvalue weighted by Crippen LogP contribution is -2.52. The maximum atomic E-state index is 12.7. The van der Waals surface area contributed by atoms with Crippen molar-refractivity contribution < 1.29 is 14.4 Å². The lowest BCUT2D eigenvalue weighted by molar-refractivity contribution is -0.136. The third-order valence-corrected chi connectivity index (χ3v) is 5.27. The van der Waals surface area contributed by atoms with Crippen LogP contribution < -0.4 is 10.6 Å². The number of nitrogens with one attached hydrogen (secondary N) is 2. The molecule has 3 amide bonds. The molecule has 2 fully saturated rings. The monoisotopic (exact) mass is 366 g/mol. The summed E-state index contributed by atoms with van der Waals surface area (Å²) in [6.45, 7) is 5.13. The minimum atomic E-state index is -0.579. The number of fused-ring (bicyclic) bond motifs is 1. The molecule has 27 heavy (non-hydrogen) atoms. The van der Waals surface area contributed by atoms with Gasteiger partial charge in [-0.3, -0.25) is 24.6 Å². The molecule has 0 aromatic heterocycles. The Kier molecular flexibility index (Phi) is 4.92. The van der Waals surface area contributed by atoms with Crippen molar-refractivity contribution in [3.8, 4) is 11.8 Å². The van der Waals surface area contributed by atoms with E-state index in [1.807, 2.05) is 12.1 Å². The highest BCUT2D eigenvalue weighted by atomic mass is 16.2. The van der Waals surface area contributed by atoms with E-state index in [0.717, 1.165) is 43.9 Å². The molecular weight excluding hydrogens is 344 g/mol. The molecule has 2 saturated heterocycles. The van der Waals surface area contributed by atoms with Crippen LogP contribution in [0.5, 0.6) is 0 Å². The summed E-state index contributed by atoms with van der Waals surface area (Å²) in [7, 11) is 0. The number of carbonyl (C=O) groups is 3. The van der Waals surface area contributed by atoms with Crippen LogP contribution >= 0.6 is 0 Å². The molecule has 2 N–H and O–H groups in total. The van der Waals surface area contributed by atoms with Crippen molar-refractivity contribution in [2.75, 3.05) is 32.7 Å². The highest BCUT2D eigenvalue weighted by Gasteiger charge is 2.38. The van der Waals surface area contributed by atoms with Crippen molar-refractivity contribution in [3.63, 3.8) is 0 Å². The Bertz CT molecular complexity index is 849. The summed E-state index contributed by atoms with van der Waals surface area (Å²) in [4.78, 5) is 40.0. The van der Waals surface area contributed by atoms with Gasteiger partial charge in [-0.05, 0) is 30.2 Å². The zero-order valence-corrected chi connectivity index (χ0v) is 15.1. The lowest BCUT2D eigenvalue weighted by atomic mass is 10.0. The number of rotatable bonds is 2. The van der Waals surface area contributed by atoms with E-state index < -0.39 is 6.04 Å². The van der Waals surface area contributed by atoms with Gasteiger partial charge in [0, 0.05) is 50.3 Å². The summed E-state index contributed by atoms with van der Waals surface area (Å²) in [5.74, 6) is 5.57. The third kappa shape index (κ3) is 3.72. The normalized spacial score (nSPS) is 22.9. The molecule has 0 bridgehead atoms. The van der Waals surface area contributed by atoms with Gasteiger partial charge in [0.05, 0.1) is 6.54 Å². The van der Waals surface area contributed by atoms with E-state index in [4.69, 9.17) is 0 Å². The van der Waals surface area contributed by atoms with Crippen LogP contribution in [0.1, 0.15) is 34.3 Å². The minimum Gasteiger partial charge on any atom is -0.322 e. The van der Waals surface area contributed by atoms with Gasteiger partial charge in [-0.25, -0.2) is 0 Å². The van der Waals surface area contributed by atoms with E-state index in [1.165, 1.54) is 0 Å². The Hall–Kier alpha value is -2.69. The summed E-state index contributed by atoms with van der Waals surface area (Å²) in [5, 5.41) is 5.64. The van der Waals surface area contributed by atoms with Crippen LogP contribution in [0.3, 0.4) is 0 Å². The van der Waals surface area contributed by atoms with Crippen LogP contribution in [-0.4, -0.2) is 66.3 Å². The number of hydrogen-bond donors (Lipinski definition) is 2. The van der Waals surface area contributed by atoms with Crippen LogP contribution in [0.4, 0.5) is 0 Å². The zero-order valence-electron chi connectivity index (χ0n) is 15.1. The van der Waals surface area contributed by atoms with E-state index in [0.29, 0.717) is 18.5 Å². The van der Waals surface area contributed by atoms with Crippen molar-refractivity contribution in [3.05, 3.63) is 34.9 Å². The molecule has 1 unspecified atom stereocenters. The van der Waals surface area contributed by atoms with Gasteiger partial charge < -0.3 is 10.2 Å². The molecule has 0 aliphatic carbocycles. The summed E-state index contributed by atoms with van der Waals surface area (Å²) >= 11 is 0. The second-order valence-corrected chi connectivity index (χ2v) is 7.10. The topological polar surface area (TPSA) is 81.8 Å². The molecule has 0 saturated carbocycles. The van der Waals surface area contributed by atoms with Gasteiger partial charge in [-0.15, -0.1) is 0 Å². The number of amides is 3. The van der Waals surface area contributed by atoms with Crippen molar-refractivity contribution in [1.29, 1.82) is 0 Å². The van der Waals surface area contributed by atoms with Crippen molar-refractivity contribution in [2.24, 2.45) is 0 Å². The van der Waals surface area contributed by atoms with Gasteiger partial charge in [-0.1, -0.05) is 11.8 Å². The SMILES string of the molecule is O=C1CCC(N2Cc3cc(C#CCN4CCNCC4)ccc3C2=O)C(=O)N1. The molecule has 3 heterocycles. The van der Waals surface area contributed by atoms with E-state index in [2.05, 4.69) is 27.4 Å². The Balaban J connectivity index is 1.44. The van der Waals surface area contributed by atoms with E-state index in [9.17, 15) is 14.4 Å². The lowest BCUT2D eigenvalue weighted by Gasteiger charge is -2.29. The molecule has 7 heteroatoms. The molecule has 140 valence electrons. The molecule has 3 aliphatic rings. The Morgan fingerprint density at radius 3 is 2.74 bits per heavy atom. The summed E-state index contributed by atoms with van der Waals surface area (Å²) in [6.07, 6.45) is 0.640. The smallest absolute Gasteiger partial charge is 0.255 e. The van der Waals surface area contributed by atoms with Gasteiger partial charge in [0.2, 0.25) is 11.8 Å². The molecule has 0 spiro atoms. The van der Waals surface area contributed by atoms with Crippen LogP contribution in [0.15, 0.2) is 18.2 Å². The predicted octanol–water partition coefficient (Wildman–Crippen LogP) is -0.296. The maximum absolute atomic E-state index is 12.7. The predicted molar refractivity (Wildman–Crippen MR) is 98.7 cm³/mol. The molecule has 3 aliphatic heterocycles. The number of benzene rings is 1. The van der Waals surface area contributed by atoms with Crippen LogP contribution in [0.25, 0.3) is 0 Å². The van der Waals surface area contributed by atoms with Crippen LogP contribution in [-0.2, 0) is 16.1 Å². The van der Waals surface area contributed by atoms with Gasteiger partial charge in [0.25, 0.3) is 5.91 Å². The number of piperidine rings is 1. The molecule has 0 radical (unpaired) electrons. The summed E-state index contributed by atoms with van der Waals surface area (Å²) in [5.41, 5.74) is 2.38. The number of hydrogen-bond acceptors (Lipinski definition) is 5. The van der Waals surface area contributed by atoms with Gasteiger partial charge in [0.1, 0.15) is 6.04 Å². The standard InChI is InChI=1S/C20H22N4O3/c25-18-6-5-17(19(26)22-18)24-13-15-12-14(3-4-16(15)20(24)27)2-1-9-23-10-7-21-8-11-23/h3-4,12,17,21H,5-11,13H2,(H,22,25,26). The van der Waals surface area contributed by atoms with E-state index in [1.54, 1.807) is 11.0 Å². The number of carbonyl (C=O) groups excluding carboxylic acids is 3. The van der Waals surface area contributed by atoms with Crippen molar-refractivity contribution >= 4 is 17.7 Å². The average molecular weight is 366 g/mol. The molecule has 7 nitrogen and oxygen atoms in total. The summed E-state index contributed by atoms with van der Waals surface area (Å²) in [6, 6.07) is 5.00. The van der Waals surface area contributed by atoms with E-state index >= 15 is 0 Å². The molecule has 1 atom stereocenters. The first kappa shape index (κ1) is 17.7. The minimum absolute atomic E-state index is 0.153. The molecule has 4 rings (SSSR count). The highest BCUT2D eigenvalue weighted by molar-refractivity contribution is 6.05. The Labute approximate surface area is 158 Å². The van der Waals surface area contributed by atoms with Gasteiger partial charge >= 0.3 is 0 Å². The average Bonchev–Trinajstić information content (AvgIpc) is 2.99. The van der Waals surface area contributed by atoms with E-state index in [-0.39, 0.29) is 24.1 Å². The van der Waals surface area contributed by atoms with Gasteiger partial charge in [-0.2, -0.15) is 0 Å².